The monoisotopic (exact) mass is 373 g/mol. The Hall–Kier alpha value is -2.71. The fourth-order valence-corrected chi connectivity index (χ4v) is 3.30. The van der Waals surface area contributed by atoms with E-state index in [2.05, 4.69) is 14.9 Å². The van der Waals surface area contributed by atoms with Gasteiger partial charge in [0.15, 0.2) is 0 Å². The summed E-state index contributed by atoms with van der Waals surface area (Å²) in [5.74, 6) is 1.29. The van der Waals surface area contributed by atoms with Gasteiger partial charge in [0, 0.05) is 5.56 Å². The average molecular weight is 373 g/mol. The van der Waals surface area contributed by atoms with Gasteiger partial charge < -0.3 is 9.26 Å². The first kappa shape index (κ1) is 18.1. The number of nitrogens with zero attached hydrogens (tertiary/aromatic N) is 2. The van der Waals surface area contributed by atoms with Crippen LogP contribution in [-0.4, -0.2) is 25.7 Å². The van der Waals surface area contributed by atoms with Crippen LogP contribution in [0.5, 0.6) is 5.75 Å². The van der Waals surface area contributed by atoms with Gasteiger partial charge in [0.2, 0.25) is 21.7 Å². The zero-order valence-electron chi connectivity index (χ0n) is 14.5. The first-order chi connectivity index (χ1) is 12.5. The van der Waals surface area contributed by atoms with Crippen LogP contribution in [0.1, 0.15) is 18.4 Å². The number of hydrogen-bond donors (Lipinski definition) is 1. The SMILES string of the molecule is CCc1ccc(S(=O)(=O)NCc2nc(-c3ccc(OC)cc3)no2)cc1. The Bertz CT molecular complexity index is 964. The number of ether oxygens (including phenoxy) is 1. The molecule has 0 saturated heterocycles. The standard InChI is InChI=1S/C18H19N3O4S/c1-3-13-4-10-16(11-5-13)26(22,23)19-12-17-20-18(21-25-17)14-6-8-15(24-2)9-7-14/h4-11,19H,3,12H2,1-2H3. The molecule has 26 heavy (non-hydrogen) atoms. The largest absolute Gasteiger partial charge is 0.497 e. The summed E-state index contributed by atoms with van der Waals surface area (Å²) in [4.78, 5) is 4.41. The van der Waals surface area contributed by atoms with Crippen molar-refractivity contribution in [1.29, 1.82) is 0 Å². The Labute approximate surface area is 152 Å². The Morgan fingerprint density at radius 1 is 1.08 bits per heavy atom. The third-order valence-corrected chi connectivity index (χ3v) is 5.29. The van der Waals surface area contributed by atoms with Gasteiger partial charge in [-0.05, 0) is 48.4 Å². The maximum absolute atomic E-state index is 12.3. The summed E-state index contributed by atoms with van der Waals surface area (Å²) in [7, 11) is -2.06. The Morgan fingerprint density at radius 3 is 2.38 bits per heavy atom. The molecule has 0 bridgehead atoms. The highest BCUT2D eigenvalue weighted by Crippen LogP contribution is 2.20. The molecule has 1 N–H and O–H groups in total. The van der Waals surface area contributed by atoms with Gasteiger partial charge in [-0.15, -0.1) is 0 Å². The number of aromatic nitrogens is 2. The number of nitrogens with one attached hydrogen (secondary N) is 1. The lowest BCUT2D eigenvalue weighted by molar-refractivity contribution is 0.376. The molecule has 0 aliphatic carbocycles. The third kappa shape index (κ3) is 4.09. The van der Waals surface area contributed by atoms with Crippen LogP contribution in [0, 0.1) is 0 Å². The van der Waals surface area contributed by atoms with E-state index in [9.17, 15) is 8.42 Å². The van der Waals surface area contributed by atoms with E-state index in [1.54, 1.807) is 55.6 Å². The topological polar surface area (TPSA) is 94.3 Å². The molecule has 2 aromatic carbocycles. The van der Waals surface area contributed by atoms with Crippen molar-refractivity contribution in [2.45, 2.75) is 24.8 Å². The number of hydrogen-bond acceptors (Lipinski definition) is 6. The smallest absolute Gasteiger partial charge is 0.242 e. The lowest BCUT2D eigenvalue weighted by atomic mass is 10.2. The predicted octanol–water partition coefficient (Wildman–Crippen LogP) is 2.79. The second-order valence-electron chi connectivity index (χ2n) is 5.56. The fourth-order valence-electron chi connectivity index (χ4n) is 2.33. The van der Waals surface area contributed by atoms with Crippen LogP contribution in [0.15, 0.2) is 57.9 Å². The summed E-state index contributed by atoms with van der Waals surface area (Å²) in [5.41, 5.74) is 1.82. The molecule has 0 aliphatic rings. The van der Waals surface area contributed by atoms with Gasteiger partial charge in [-0.1, -0.05) is 24.2 Å². The lowest BCUT2D eigenvalue weighted by Gasteiger charge is -2.05. The molecule has 0 amide bonds. The third-order valence-electron chi connectivity index (χ3n) is 3.87. The average Bonchev–Trinajstić information content (AvgIpc) is 3.16. The molecule has 0 aliphatic heterocycles. The van der Waals surface area contributed by atoms with E-state index in [1.807, 2.05) is 6.92 Å². The summed E-state index contributed by atoms with van der Waals surface area (Å²) in [6.07, 6.45) is 0.851. The fraction of sp³-hybridized carbons (Fsp3) is 0.222. The molecule has 0 unspecified atom stereocenters. The van der Waals surface area contributed by atoms with Gasteiger partial charge >= 0.3 is 0 Å². The van der Waals surface area contributed by atoms with E-state index < -0.39 is 10.0 Å². The number of rotatable bonds is 7. The molecule has 0 atom stereocenters. The number of methoxy groups -OCH3 is 1. The van der Waals surface area contributed by atoms with Crippen molar-refractivity contribution in [2.24, 2.45) is 0 Å². The maximum atomic E-state index is 12.3. The predicted molar refractivity (Wildman–Crippen MR) is 96.1 cm³/mol. The van der Waals surface area contributed by atoms with E-state index >= 15 is 0 Å². The minimum atomic E-state index is -3.64. The molecular formula is C18H19N3O4S. The van der Waals surface area contributed by atoms with Crippen LogP contribution in [-0.2, 0) is 23.0 Å². The van der Waals surface area contributed by atoms with E-state index in [-0.39, 0.29) is 17.3 Å². The van der Waals surface area contributed by atoms with Crippen LogP contribution in [0.3, 0.4) is 0 Å². The zero-order valence-corrected chi connectivity index (χ0v) is 15.3. The van der Waals surface area contributed by atoms with Gasteiger partial charge in [0.25, 0.3) is 0 Å². The summed E-state index contributed by atoms with van der Waals surface area (Å²) in [6, 6.07) is 13.9. The van der Waals surface area contributed by atoms with E-state index in [0.717, 1.165) is 23.3 Å². The molecule has 8 heteroatoms. The van der Waals surface area contributed by atoms with Gasteiger partial charge in [0.05, 0.1) is 18.6 Å². The molecule has 0 saturated carbocycles. The minimum Gasteiger partial charge on any atom is -0.497 e. The maximum Gasteiger partial charge on any atom is 0.242 e. The van der Waals surface area contributed by atoms with Crippen LogP contribution >= 0.6 is 0 Å². The van der Waals surface area contributed by atoms with Crippen molar-refractivity contribution in [3.8, 4) is 17.1 Å². The molecule has 0 spiro atoms. The van der Waals surface area contributed by atoms with Gasteiger partial charge in [-0.3, -0.25) is 0 Å². The number of aryl methyl sites for hydroxylation is 1. The highest BCUT2D eigenvalue weighted by atomic mass is 32.2. The molecular weight excluding hydrogens is 354 g/mol. The van der Waals surface area contributed by atoms with Crippen LogP contribution in [0.4, 0.5) is 0 Å². The molecule has 3 rings (SSSR count). The molecule has 3 aromatic rings. The van der Waals surface area contributed by atoms with Crippen LogP contribution in [0.25, 0.3) is 11.4 Å². The molecule has 7 nitrogen and oxygen atoms in total. The summed E-state index contributed by atoms with van der Waals surface area (Å²) in [6.45, 7) is 1.93. The summed E-state index contributed by atoms with van der Waals surface area (Å²) in [5, 5.41) is 3.88. The lowest BCUT2D eigenvalue weighted by Crippen LogP contribution is -2.23. The highest BCUT2D eigenvalue weighted by molar-refractivity contribution is 7.89. The second kappa shape index (κ2) is 7.67. The zero-order chi connectivity index (χ0) is 18.6. The quantitative estimate of drug-likeness (QED) is 0.684. The first-order valence-corrected chi connectivity index (χ1v) is 9.56. The molecule has 1 aromatic heterocycles. The minimum absolute atomic E-state index is 0.0823. The van der Waals surface area contributed by atoms with E-state index in [0.29, 0.717) is 5.82 Å². The van der Waals surface area contributed by atoms with Crippen LogP contribution < -0.4 is 9.46 Å². The Morgan fingerprint density at radius 2 is 1.77 bits per heavy atom. The van der Waals surface area contributed by atoms with Crippen molar-refractivity contribution in [3.05, 3.63) is 60.0 Å². The Kier molecular flexibility index (Phi) is 5.34. The van der Waals surface area contributed by atoms with Gasteiger partial charge in [-0.2, -0.15) is 4.98 Å². The normalized spacial score (nSPS) is 11.5. The Balaban J connectivity index is 1.68. The van der Waals surface area contributed by atoms with Crippen LogP contribution in [0.2, 0.25) is 0 Å². The molecule has 136 valence electrons. The molecule has 1 heterocycles. The molecule has 0 radical (unpaired) electrons. The highest BCUT2D eigenvalue weighted by Gasteiger charge is 2.16. The molecule has 0 fully saturated rings. The second-order valence-corrected chi connectivity index (χ2v) is 7.33. The van der Waals surface area contributed by atoms with Crippen molar-refractivity contribution in [3.63, 3.8) is 0 Å². The van der Waals surface area contributed by atoms with E-state index in [4.69, 9.17) is 9.26 Å². The number of benzene rings is 2. The summed E-state index contributed by atoms with van der Waals surface area (Å²) < 4.78 is 37.4. The van der Waals surface area contributed by atoms with Gasteiger partial charge in [-0.25, -0.2) is 13.1 Å². The first-order valence-electron chi connectivity index (χ1n) is 8.07. The van der Waals surface area contributed by atoms with Gasteiger partial charge in [0.1, 0.15) is 5.75 Å². The van der Waals surface area contributed by atoms with E-state index in [1.165, 1.54) is 0 Å². The number of sulfonamides is 1. The van der Waals surface area contributed by atoms with Crippen molar-refractivity contribution in [1.82, 2.24) is 14.9 Å². The van der Waals surface area contributed by atoms with Crippen molar-refractivity contribution >= 4 is 10.0 Å². The summed E-state index contributed by atoms with van der Waals surface area (Å²) >= 11 is 0. The van der Waals surface area contributed by atoms with Crippen molar-refractivity contribution in [2.75, 3.05) is 7.11 Å². The van der Waals surface area contributed by atoms with Crippen molar-refractivity contribution < 1.29 is 17.7 Å².